The maximum absolute atomic E-state index is 5.22. The predicted octanol–water partition coefficient (Wildman–Crippen LogP) is 3.70. The van der Waals surface area contributed by atoms with E-state index in [1.54, 1.807) is 0 Å². The molecule has 84 valence electrons. The lowest BCUT2D eigenvalue weighted by Crippen LogP contribution is -1.94. The van der Waals surface area contributed by atoms with Crippen LogP contribution in [0, 0.1) is 0 Å². The maximum Gasteiger partial charge on any atom is 0.00399 e. The molecule has 0 bridgehead atoms. The lowest BCUT2D eigenvalue weighted by atomic mass is 9.97. The summed E-state index contributed by atoms with van der Waals surface area (Å²) in [6.45, 7) is 4.53. The second kappa shape index (κ2) is 6.62. The van der Waals surface area contributed by atoms with Crippen LogP contribution in [-0.4, -0.2) is 6.04 Å². The molecule has 0 spiro atoms. The molecular weight excluding hydrogens is 182 g/mol. The molecule has 1 atom stereocenters. The van der Waals surface area contributed by atoms with E-state index < -0.39 is 0 Å². The molecule has 1 aliphatic rings. The normalized spacial score (nSPS) is 16.5. The average molecular weight is 205 g/mol. The molecule has 0 aliphatic heterocycles. The standard InChI is InChI=1S/C11H16.C3H7N/c1-3-7-10(2)11-8-5-4-6-9-11;4-3-1-2-3/h4-6,8-10H,3,7H2,1-2H3;3H,1-2,4H2. The van der Waals surface area contributed by atoms with Crippen molar-refractivity contribution in [2.75, 3.05) is 0 Å². The molecule has 1 aromatic carbocycles. The van der Waals surface area contributed by atoms with Crippen molar-refractivity contribution in [1.82, 2.24) is 0 Å². The summed E-state index contributed by atoms with van der Waals surface area (Å²) in [6, 6.07) is 11.3. The SMILES string of the molecule is CCCC(C)c1ccccc1.NC1CC1. The van der Waals surface area contributed by atoms with Gasteiger partial charge in [-0.25, -0.2) is 0 Å². The molecule has 2 N–H and O–H groups in total. The van der Waals surface area contributed by atoms with Crippen LogP contribution in [0.5, 0.6) is 0 Å². The summed E-state index contributed by atoms with van der Waals surface area (Å²) in [5.41, 5.74) is 6.69. The number of benzene rings is 1. The van der Waals surface area contributed by atoms with Crippen LogP contribution in [0.1, 0.15) is 51.0 Å². The van der Waals surface area contributed by atoms with Crippen molar-refractivity contribution in [1.29, 1.82) is 0 Å². The van der Waals surface area contributed by atoms with Crippen molar-refractivity contribution in [3.63, 3.8) is 0 Å². The molecule has 1 nitrogen and oxygen atoms in total. The van der Waals surface area contributed by atoms with Gasteiger partial charge in [0.05, 0.1) is 0 Å². The third-order valence-corrected chi connectivity index (χ3v) is 2.71. The lowest BCUT2D eigenvalue weighted by molar-refractivity contribution is 0.665. The van der Waals surface area contributed by atoms with Gasteiger partial charge in [0.1, 0.15) is 0 Å². The molecule has 2 rings (SSSR count). The Morgan fingerprint density at radius 3 is 2.20 bits per heavy atom. The number of hydrogen-bond donors (Lipinski definition) is 1. The number of hydrogen-bond acceptors (Lipinski definition) is 1. The minimum absolute atomic E-state index is 0.583. The summed E-state index contributed by atoms with van der Waals surface area (Å²) in [6.07, 6.45) is 5.10. The van der Waals surface area contributed by atoms with Crippen LogP contribution in [0.4, 0.5) is 0 Å². The van der Waals surface area contributed by atoms with Gasteiger partial charge in [0.2, 0.25) is 0 Å². The second-order valence-corrected chi connectivity index (χ2v) is 4.44. The number of rotatable bonds is 3. The van der Waals surface area contributed by atoms with E-state index in [4.69, 9.17) is 5.73 Å². The summed E-state index contributed by atoms with van der Waals surface area (Å²) in [5.74, 6) is 0.723. The molecule has 0 radical (unpaired) electrons. The van der Waals surface area contributed by atoms with Gasteiger partial charge in [-0.1, -0.05) is 50.6 Å². The zero-order valence-corrected chi connectivity index (χ0v) is 9.95. The highest BCUT2D eigenvalue weighted by Crippen LogP contribution is 2.19. The van der Waals surface area contributed by atoms with Crippen LogP contribution in [0.2, 0.25) is 0 Å². The predicted molar refractivity (Wildman–Crippen MR) is 67.0 cm³/mol. The van der Waals surface area contributed by atoms with Crippen molar-refractivity contribution in [3.8, 4) is 0 Å². The van der Waals surface area contributed by atoms with Gasteiger partial charge in [0.15, 0.2) is 0 Å². The first-order chi connectivity index (χ1) is 7.24. The van der Waals surface area contributed by atoms with Gasteiger partial charge in [0.25, 0.3) is 0 Å². The van der Waals surface area contributed by atoms with Crippen molar-refractivity contribution in [3.05, 3.63) is 35.9 Å². The quantitative estimate of drug-likeness (QED) is 0.800. The fourth-order valence-electron chi connectivity index (χ4n) is 1.48. The van der Waals surface area contributed by atoms with Crippen LogP contribution in [0.15, 0.2) is 30.3 Å². The molecule has 1 aliphatic carbocycles. The van der Waals surface area contributed by atoms with Crippen molar-refractivity contribution in [2.24, 2.45) is 5.73 Å². The van der Waals surface area contributed by atoms with E-state index in [1.165, 1.54) is 31.2 Å². The Morgan fingerprint density at radius 2 is 1.80 bits per heavy atom. The van der Waals surface area contributed by atoms with E-state index in [2.05, 4.69) is 44.2 Å². The Balaban J connectivity index is 0.000000234. The molecule has 15 heavy (non-hydrogen) atoms. The van der Waals surface area contributed by atoms with Crippen LogP contribution in [-0.2, 0) is 0 Å². The van der Waals surface area contributed by atoms with Crippen molar-refractivity contribution in [2.45, 2.75) is 51.5 Å². The van der Waals surface area contributed by atoms with Crippen LogP contribution >= 0.6 is 0 Å². The Labute approximate surface area is 93.7 Å². The van der Waals surface area contributed by atoms with Crippen LogP contribution < -0.4 is 5.73 Å². The Bertz CT molecular complexity index is 251. The summed E-state index contributed by atoms with van der Waals surface area (Å²) >= 11 is 0. The number of nitrogens with two attached hydrogens (primary N) is 1. The van der Waals surface area contributed by atoms with Gasteiger partial charge < -0.3 is 5.73 Å². The van der Waals surface area contributed by atoms with E-state index >= 15 is 0 Å². The largest absolute Gasteiger partial charge is 0.328 e. The highest BCUT2D eigenvalue weighted by molar-refractivity contribution is 5.18. The fraction of sp³-hybridized carbons (Fsp3) is 0.571. The van der Waals surface area contributed by atoms with Gasteiger partial charge in [-0.15, -0.1) is 0 Å². The summed E-state index contributed by atoms with van der Waals surface area (Å²) in [7, 11) is 0. The monoisotopic (exact) mass is 205 g/mol. The molecule has 1 aromatic rings. The van der Waals surface area contributed by atoms with E-state index in [0.29, 0.717) is 6.04 Å². The minimum Gasteiger partial charge on any atom is -0.328 e. The summed E-state index contributed by atoms with van der Waals surface area (Å²) < 4.78 is 0. The van der Waals surface area contributed by atoms with Gasteiger partial charge in [-0.05, 0) is 30.7 Å². The molecule has 1 unspecified atom stereocenters. The van der Waals surface area contributed by atoms with E-state index in [9.17, 15) is 0 Å². The molecule has 0 saturated heterocycles. The minimum atomic E-state index is 0.583. The van der Waals surface area contributed by atoms with Crippen LogP contribution in [0.3, 0.4) is 0 Å². The molecular formula is C14H23N. The Hall–Kier alpha value is -0.820. The lowest BCUT2D eigenvalue weighted by Gasteiger charge is -2.08. The third kappa shape index (κ3) is 5.58. The second-order valence-electron chi connectivity index (χ2n) is 4.44. The Morgan fingerprint density at radius 1 is 1.27 bits per heavy atom. The Kier molecular flexibility index (Phi) is 5.41. The molecule has 0 amide bonds. The zero-order chi connectivity index (χ0) is 11.1. The first kappa shape index (κ1) is 12.3. The van der Waals surface area contributed by atoms with Crippen molar-refractivity contribution < 1.29 is 0 Å². The molecule has 0 aromatic heterocycles. The highest BCUT2D eigenvalue weighted by atomic mass is 14.7. The highest BCUT2D eigenvalue weighted by Gasteiger charge is 2.13. The van der Waals surface area contributed by atoms with Gasteiger partial charge in [-0.2, -0.15) is 0 Å². The van der Waals surface area contributed by atoms with E-state index in [0.717, 1.165) is 5.92 Å². The van der Waals surface area contributed by atoms with Crippen molar-refractivity contribution >= 4 is 0 Å². The van der Waals surface area contributed by atoms with Crippen LogP contribution in [0.25, 0.3) is 0 Å². The zero-order valence-electron chi connectivity index (χ0n) is 9.95. The molecule has 1 saturated carbocycles. The summed E-state index contributed by atoms with van der Waals surface area (Å²) in [5, 5.41) is 0. The van der Waals surface area contributed by atoms with E-state index in [1.807, 2.05) is 0 Å². The fourth-order valence-corrected chi connectivity index (χ4v) is 1.48. The molecule has 0 heterocycles. The third-order valence-electron chi connectivity index (χ3n) is 2.71. The molecule has 1 fully saturated rings. The smallest absolute Gasteiger partial charge is 0.00399 e. The summed E-state index contributed by atoms with van der Waals surface area (Å²) in [4.78, 5) is 0. The molecule has 1 heteroatoms. The topological polar surface area (TPSA) is 26.0 Å². The first-order valence-corrected chi connectivity index (χ1v) is 6.04. The van der Waals surface area contributed by atoms with Gasteiger partial charge in [0, 0.05) is 6.04 Å². The maximum atomic E-state index is 5.22. The van der Waals surface area contributed by atoms with E-state index in [-0.39, 0.29) is 0 Å². The van der Waals surface area contributed by atoms with Gasteiger partial charge >= 0.3 is 0 Å². The van der Waals surface area contributed by atoms with Gasteiger partial charge in [-0.3, -0.25) is 0 Å². The average Bonchev–Trinajstić information content (AvgIpc) is 3.03. The first-order valence-electron chi connectivity index (χ1n) is 6.04.